The minimum atomic E-state index is -2.39. The molecule has 3 fully saturated rings. The van der Waals surface area contributed by atoms with E-state index in [-0.39, 0.29) is 35.3 Å². The molecule has 11 atom stereocenters. The zero-order chi connectivity index (χ0) is 44.9. The van der Waals surface area contributed by atoms with Gasteiger partial charge in [0, 0.05) is 37.7 Å². The van der Waals surface area contributed by atoms with E-state index >= 15 is 4.79 Å². The highest BCUT2D eigenvalue weighted by Gasteiger charge is 2.78. The maximum atomic E-state index is 15.5. The molecule has 1 heterocycles. The van der Waals surface area contributed by atoms with Crippen molar-refractivity contribution >= 4 is 35.6 Å². The van der Waals surface area contributed by atoms with Gasteiger partial charge in [-0.2, -0.15) is 0 Å². The molecule has 1 amide bonds. The first-order valence-electron chi connectivity index (χ1n) is 20.5. The Kier molecular flexibility index (Phi) is 11.8. The van der Waals surface area contributed by atoms with E-state index in [1.165, 1.54) is 26.0 Å². The van der Waals surface area contributed by atoms with Crippen LogP contribution in [0, 0.1) is 16.7 Å². The first-order chi connectivity index (χ1) is 29.3. The molecule has 15 heteroatoms. The molecule has 2 saturated carbocycles. The summed E-state index contributed by atoms with van der Waals surface area (Å²) in [4.78, 5) is 83.5. The Morgan fingerprint density at radius 1 is 0.823 bits per heavy atom. The van der Waals surface area contributed by atoms with Gasteiger partial charge in [0.1, 0.15) is 23.9 Å². The van der Waals surface area contributed by atoms with Gasteiger partial charge in [0.25, 0.3) is 5.91 Å². The number of carbonyl (C=O) groups excluding carboxylic acids is 6. The van der Waals surface area contributed by atoms with E-state index in [1.54, 1.807) is 92.7 Å². The van der Waals surface area contributed by atoms with Gasteiger partial charge in [-0.25, -0.2) is 9.59 Å². The van der Waals surface area contributed by atoms with E-state index in [2.05, 4.69) is 5.32 Å². The lowest BCUT2D eigenvalue weighted by Gasteiger charge is -2.67. The minimum absolute atomic E-state index is 0.00289. The molecule has 62 heavy (non-hydrogen) atoms. The second-order valence-electron chi connectivity index (χ2n) is 17.4. The van der Waals surface area contributed by atoms with Crippen molar-refractivity contribution in [1.29, 1.82) is 0 Å². The van der Waals surface area contributed by atoms with Gasteiger partial charge in [-0.15, -0.1) is 0 Å². The van der Waals surface area contributed by atoms with Crippen molar-refractivity contribution < 1.29 is 67.8 Å². The van der Waals surface area contributed by atoms with Crippen LogP contribution in [0.5, 0.6) is 0 Å². The second kappa shape index (κ2) is 16.5. The third-order valence-electron chi connectivity index (χ3n) is 13.5. The number of carbonyl (C=O) groups is 6. The van der Waals surface area contributed by atoms with Crippen LogP contribution in [0.1, 0.15) is 86.7 Å². The van der Waals surface area contributed by atoms with Gasteiger partial charge < -0.3 is 44.3 Å². The molecule has 1 saturated heterocycles. The lowest BCUT2D eigenvalue weighted by atomic mass is 9.44. The van der Waals surface area contributed by atoms with Gasteiger partial charge in [-0.05, 0) is 54.8 Å². The maximum Gasteiger partial charge on any atom is 0.338 e. The Bertz CT molecular complexity index is 2280. The highest BCUT2D eigenvalue weighted by Crippen LogP contribution is 2.64. The fraction of sp³-hybridized carbons (Fsp3) is 0.447. The average Bonchev–Trinajstić information content (AvgIpc) is 3.24. The number of hydrogen-bond acceptors (Lipinski definition) is 14. The zero-order valence-corrected chi connectivity index (χ0v) is 35.2. The largest absolute Gasteiger partial charge is 0.456 e. The van der Waals surface area contributed by atoms with Gasteiger partial charge in [-0.1, -0.05) is 80.6 Å². The van der Waals surface area contributed by atoms with Crippen LogP contribution in [-0.2, 0) is 42.9 Å². The number of nitrogens with one attached hydrogen (secondary N) is 1. The number of ketones is 1. The Morgan fingerprint density at radius 2 is 1.40 bits per heavy atom. The Morgan fingerprint density at radius 3 is 1.95 bits per heavy atom. The molecule has 7 rings (SSSR count). The summed E-state index contributed by atoms with van der Waals surface area (Å²) in [7, 11) is 0. The van der Waals surface area contributed by atoms with E-state index in [4.69, 9.17) is 23.7 Å². The molecule has 4 N–H and O–H groups in total. The lowest BCUT2D eigenvalue weighted by molar-refractivity contribution is -0.346. The van der Waals surface area contributed by atoms with Crippen molar-refractivity contribution in [3.63, 3.8) is 0 Å². The third-order valence-corrected chi connectivity index (χ3v) is 13.5. The minimum Gasteiger partial charge on any atom is -0.456 e. The summed E-state index contributed by atoms with van der Waals surface area (Å²) in [5, 5.41) is 40.2. The Balaban J connectivity index is 1.39. The predicted molar refractivity (Wildman–Crippen MR) is 218 cm³/mol. The number of Topliss-reactive ketones (excluding diaryl/α,β-unsaturated/α-hetero) is 1. The van der Waals surface area contributed by atoms with E-state index in [9.17, 15) is 39.3 Å². The monoisotopic (exact) mass is 853 g/mol. The zero-order valence-electron chi connectivity index (χ0n) is 35.2. The molecule has 328 valence electrons. The molecule has 4 aliphatic rings. The van der Waals surface area contributed by atoms with Gasteiger partial charge >= 0.3 is 23.9 Å². The number of aliphatic hydroxyl groups excluding tert-OH is 2. The Labute approximate surface area is 358 Å². The number of aliphatic hydroxyl groups is 3. The van der Waals surface area contributed by atoms with Gasteiger partial charge in [0.15, 0.2) is 23.6 Å². The van der Waals surface area contributed by atoms with Gasteiger partial charge in [-0.3, -0.25) is 19.2 Å². The number of amides is 1. The number of rotatable bonds is 10. The van der Waals surface area contributed by atoms with Crippen molar-refractivity contribution in [3.8, 4) is 0 Å². The number of hydrogen-bond donors (Lipinski definition) is 4. The maximum absolute atomic E-state index is 15.5. The fourth-order valence-corrected chi connectivity index (χ4v) is 10.2. The number of fused-ring (bicyclic) bond motifs is 5. The van der Waals surface area contributed by atoms with E-state index in [0.29, 0.717) is 5.56 Å². The summed E-state index contributed by atoms with van der Waals surface area (Å²) in [6.45, 7) is 7.97. The van der Waals surface area contributed by atoms with Crippen LogP contribution in [-0.4, -0.2) is 105 Å². The molecule has 3 aliphatic carbocycles. The predicted octanol–water partition coefficient (Wildman–Crippen LogP) is 3.74. The van der Waals surface area contributed by atoms with Crippen LogP contribution < -0.4 is 5.32 Å². The molecule has 4 unspecified atom stereocenters. The molecule has 0 aromatic heterocycles. The molecule has 0 radical (unpaired) electrons. The molecule has 1 aliphatic heterocycles. The van der Waals surface area contributed by atoms with Crippen LogP contribution in [0.3, 0.4) is 0 Å². The van der Waals surface area contributed by atoms with Crippen LogP contribution in [0.4, 0.5) is 0 Å². The summed E-state index contributed by atoms with van der Waals surface area (Å²) in [5.74, 6) is -6.84. The highest BCUT2D eigenvalue weighted by atomic mass is 16.6. The normalized spacial score (nSPS) is 31.9. The summed E-state index contributed by atoms with van der Waals surface area (Å²) in [5.41, 5.74) is -7.02. The van der Waals surface area contributed by atoms with Crippen LogP contribution in [0.25, 0.3) is 0 Å². The van der Waals surface area contributed by atoms with Crippen molar-refractivity contribution in [2.24, 2.45) is 16.7 Å². The molecule has 3 aromatic carbocycles. The number of benzene rings is 3. The van der Waals surface area contributed by atoms with E-state index < -0.39 is 113 Å². The first-order valence-corrected chi connectivity index (χ1v) is 20.5. The Hall–Kier alpha value is -5.74. The summed E-state index contributed by atoms with van der Waals surface area (Å²) >= 11 is 0. The van der Waals surface area contributed by atoms with E-state index in [1.807, 2.05) is 0 Å². The second-order valence-corrected chi connectivity index (χ2v) is 17.4. The summed E-state index contributed by atoms with van der Waals surface area (Å²) in [6, 6.07) is 22.9. The van der Waals surface area contributed by atoms with E-state index in [0.717, 1.165) is 13.8 Å². The average molecular weight is 854 g/mol. The number of ether oxygens (including phenoxy) is 5. The molecule has 3 aromatic rings. The van der Waals surface area contributed by atoms with Crippen LogP contribution in [0.2, 0.25) is 0 Å². The molecule has 2 bridgehead atoms. The number of esters is 4. The van der Waals surface area contributed by atoms with Gasteiger partial charge in [0.2, 0.25) is 0 Å². The molecular formula is C47H51NO14. The van der Waals surface area contributed by atoms with Crippen molar-refractivity contribution in [1.82, 2.24) is 5.32 Å². The topological polar surface area (TPSA) is 221 Å². The standard InChI is InChI=1S/C47H51NO14/c1-25-31(60-43(56)36(52)35(28-16-10-7-11-17-28)48-41(54)29-18-12-8-13-19-29)23-47(57)40(61-42(55)30-20-14-9-15-21-30)38-45(6,32(51)22-33-46(38,24-58-33)62-27(3)50)39(53)37(59-26(2)49)34(25)44(47,4)5/h7-21,31-33,35-38,40,51-52,57H,22-24H2,1-6H3,(H,48,54)/t31?,32-,33+,35?,36?,37+,38-,40?,45+,46-,47+/m0/s1. The summed E-state index contributed by atoms with van der Waals surface area (Å²) in [6.07, 6.45) is -10.5. The van der Waals surface area contributed by atoms with Crippen molar-refractivity contribution in [2.75, 3.05) is 6.61 Å². The smallest absolute Gasteiger partial charge is 0.338 e. The highest BCUT2D eigenvalue weighted by molar-refractivity contribution is 5.96. The lowest BCUT2D eigenvalue weighted by Crippen LogP contribution is -2.82. The first kappa shape index (κ1) is 44.3. The molecular weight excluding hydrogens is 803 g/mol. The van der Waals surface area contributed by atoms with Crippen LogP contribution >= 0.6 is 0 Å². The summed E-state index contributed by atoms with van der Waals surface area (Å²) < 4.78 is 30.3. The quantitative estimate of drug-likeness (QED) is 0.130. The molecule has 0 spiro atoms. The van der Waals surface area contributed by atoms with Gasteiger partial charge in [0.05, 0.1) is 35.6 Å². The SMILES string of the molecule is CC(=O)O[C@H]1C(=O)[C@@]2(C)[C@H](C(OC(=O)c3ccccc3)[C@]3(O)CC(OC(=O)C(O)C(NC(=O)c4ccccc4)c4ccccc4)C(C)=C1C3(C)C)[C@]1(OC(C)=O)CO[C@@H]1C[C@@H]2O. The fourth-order valence-electron chi connectivity index (χ4n) is 10.2. The third kappa shape index (κ3) is 7.29. The van der Waals surface area contributed by atoms with Crippen molar-refractivity contribution in [2.45, 2.75) is 108 Å². The van der Waals surface area contributed by atoms with Crippen LogP contribution in [0.15, 0.2) is 102 Å². The molecule has 15 nitrogen and oxygen atoms in total. The van der Waals surface area contributed by atoms with Crippen molar-refractivity contribution in [3.05, 3.63) is 119 Å².